The highest BCUT2D eigenvalue weighted by molar-refractivity contribution is 7.85. The van der Waals surface area contributed by atoms with Gasteiger partial charge < -0.3 is 10.4 Å². The van der Waals surface area contributed by atoms with Crippen LogP contribution in [0, 0.1) is 0 Å². The molecule has 1 aliphatic heterocycles. The topological polar surface area (TPSA) is 136 Å². The number of allylic oxidation sites excluding steroid dienone is 2. The number of hydrogen-bond acceptors (Lipinski definition) is 6. The van der Waals surface area contributed by atoms with Crippen molar-refractivity contribution in [1.82, 2.24) is 15.8 Å². The molecule has 10 heteroatoms. The third-order valence-corrected chi connectivity index (χ3v) is 3.31. The molecule has 4 N–H and O–H groups in total. The first-order chi connectivity index (χ1) is 9.74. The van der Waals surface area contributed by atoms with E-state index < -0.39 is 39.8 Å². The van der Waals surface area contributed by atoms with Crippen molar-refractivity contribution in [2.75, 3.05) is 12.3 Å². The van der Waals surface area contributed by atoms with E-state index in [-0.39, 0.29) is 0 Å². The van der Waals surface area contributed by atoms with Crippen LogP contribution in [0.5, 0.6) is 0 Å². The number of nitrogens with one attached hydrogen (secondary N) is 2. The zero-order valence-corrected chi connectivity index (χ0v) is 12.1. The van der Waals surface area contributed by atoms with Crippen molar-refractivity contribution in [3.63, 3.8) is 0 Å². The van der Waals surface area contributed by atoms with Crippen LogP contribution in [0.3, 0.4) is 0 Å². The number of aliphatic carboxylic acids is 1. The summed E-state index contributed by atoms with van der Waals surface area (Å²) in [5.41, 5.74) is 2.89. The van der Waals surface area contributed by atoms with Crippen LogP contribution in [0.25, 0.3) is 0 Å². The first-order valence-electron chi connectivity index (χ1n) is 6.09. The molecular formula is C11H17N3O6S. The van der Waals surface area contributed by atoms with Gasteiger partial charge in [0, 0.05) is 12.7 Å². The van der Waals surface area contributed by atoms with Crippen molar-refractivity contribution in [2.45, 2.75) is 19.0 Å². The maximum Gasteiger partial charge on any atom is 0.327 e. The minimum absolute atomic E-state index is 0.537. The van der Waals surface area contributed by atoms with Gasteiger partial charge in [-0.1, -0.05) is 19.1 Å². The number of amides is 1. The Morgan fingerprint density at radius 1 is 1.38 bits per heavy atom. The molecule has 2 atom stereocenters. The minimum Gasteiger partial charge on any atom is -0.480 e. The van der Waals surface area contributed by atoms with Crippen molar-refractivity contribution < 1.29 is 27.7 Å². The Balaban J connectivity index is 2.79. The molecule has 0 radical (unpaired) electrons. The van der Waals surface area contributed by atoms with Crippen molar-refractivity contribution in [1.29, 1.82) is 0 Å². The lowest BCUT2D eigenvalue weighted by Crippen LogP contribution is -2.54. The fourth-order valence-electron chi connectivity index (χ4n) is 1.69. The van der Waals surface area contributed by atoms with Crippen LogP contribution in [0.1, 0.15) is 6.92 Å². The number of carboxylic acids is 1. The van der Waals surface area contributed by atoms with Gasteiger partial charge in [-0.15, -0.1) is 0 Å². The Labute approximate surface area is 122 Å². The molecule has 1 heterocycles. The number of nitrogens with zero attached hydrogens (tertiary/aromatic N) is 1. The van der Waals surface area contributed by atoms with Crippen molar-refractivity contribution in [3.8, 4) is 0 Å². The molecule has 21 heavy (non-hydrogen) atoms. The zero-order valence-electron chi connectivity index (χ0n) is 11.3. The van der Waals surface area contributed by atoms with Gasteiger partial charge in [0.05, 0.1) is 0 Å². The molecule has 1 amide bonds. The molecule has 1 aliphatic rings. The number of carbonyl (C=O) groups excluding carboxylic acids is 1. The molecule has 0 spiro atoms. The molecule has 0 aliphatic carbocycles. The van der Waals surface area contributed by atoms with Gasteiger partial charge in [-0.3, -0.25) is 14.4 Å². The maximum atomic E-state index is 12.1. The van der Waals surface area contributed by atoms with E-state index in [1.165, 1.54) is 11.1 Å². The third kappa shape index (κ3) is 5.53. The lowest BCUT2D eigenvalue weighted by atomic mass is 10.2. The van der Waals surface area contributed by atoms with E-state index >= 15 is 0 Å². The highest BCUT2D eigenvalue weighted by atomic mass is 32.2. The van der Waals surface area contributed by atoms with E-state index in [0.29, 0.717) is 6.54 Å². The third-order valence-electron chi connectivity index (χ3n) is 2.55. The molecule has 9 nitrogen and oxygen atoms in total. The second kappa shape index (κ2) is 7.20. The highest BCUT2D eigenvalue weighted by Gasteiger charge is 2.30. The summed E-state index contributed by atoms with van der Waals surface area (Å²) in [5, 5.41) is 12.4. The Morgan fingerprint density at radius 3 is 2.57 bits per heavy atom. The first-order valence-corrected chi connectivity index (χ1v) is 7.70. The van der Waals surface area contributed by atoms with Crippen LogP contribution in [-0.2, 0) is 19.7 Å². The average Bonchev–Trinajstić information content (AvgIpc) is 2.37. The fraction of sp³-hybridized carbons (Fsp3) is 0.455. The van der Waals surface area contributed by atoms with Crippen LogP contribution in [0.2, 0.25) is 0 Å². The standard InChI is InChI=1S/C11H17N3O6S/c1-2-12-14-6-4-3-5-9(14)10(15)13-8(11(16)17)7-21(18,19)20/h3-6,8-9,12H,2,7H2,1H3,(H,13,15)(H,16,17)(H,18,19,20)/t8-,9?/m0/s1. The van der Waals surface area contributed by atoms with Gasteiger partial charge in [0.25, 0.3) is 10.1 Å². The zero-order chi connectivity index (χ0) is 16.0. The normalized spacial score (nSPS) is 19.3. The summed E-state index contributed by atoms with van der Waals surface area (Å²) >= 11 is 0. The van der Waals surface area contributed by atoms with Gasteiger partial charge in [-0.25, -0.2) is 10.2 Å². The lowest BCUT2D eigenvalue weighted by Gasteiger charge is -2.30. The fourth-order valence-corrected chi connectivity index (χ4v) is 2.33. The second-order valence-electron chi connectivity index (χ2n) is 4.24. The summed E-state index contributed by atoms with van der Waals surface area (Å²) in [5.74, 6) is -3.35. The van der Waals surface area contributed by atoms with Crippen LogP contribution >= 0.6 is 0 Å². The molecule has 1 unspecified atom stereocenters. The summed E-state index contributed by atoms with van der Waals surface area (Å²) in [6.07, 6.45) is 6.40. The molecule has 0 aromatic carbocycles. The van der Waals surface area contributed by atoms with Crippen molar-refractivity contribution in [2.24, 2.45) is 0 Å². The van der Waals surface area contributed by atoms with Gasteiger partial charge in [-0.2, -0.15) is 8.42 Å². The first kappa shape index (κ1) is 17.1. The minimum atomic E-state index is -4.53. The summed E-state index contributed by atoms with van der Waals surface area (Å²) in [6.45, 7) is 2.36. The van der Waals surface area contributed by atoms with Gasteiger partial charge >= 0.3 is 5.97 Å². The van der Waals surface area contributed by atoms with Gasteiger partial charge in [0.2, 0.25) is 5.91 Å². The second-order valence-corrected chi connectivity index (χ2v) is 5.74. The van der Waals surface area contributed by atoms with E-state index in [4.69, 9.17) is 9.66 Å². The largest absolute Gasteiger partial charge is 0.480 e. The number of carboxylic acid groups (broad SMARTS) is 1. The summed E-state index contributed by atoms with van der Waals surface area (Å²) in [6, 6.07) is -2.55. The smallest absolute Gasteiger partial charge is 0.327 e. The molecule has 0 aromatic rings. The Hall–Kier alpha value is -1.91. The van der Waals surface area contributed by atoms with Crippen molar-refractivity contribution >= 4 is 22.0 Å². The Morgan fingerprint density at radius 2 is 2.05 bits per heavy atom. The van der Waals surface area contributed by atoms with E-state index in [1.54, 1.807) is 18.4 Å². The molecular weight excluding hydrogens is 302 g/mol. The SMILES string of the molecule is CCNN1C=CC=CC1C(=O)N[C@@H](CS(=O)(=O)O)C(=O)O. The number of hydrazine groups is 1. The molecule has 118 valence electrons. The highest BCUT2D eigenvalue weighted by Crippen LogP contribution is 2.06. The predicted molar refractivity (Wildman–Crippen MR) is 73.6 cm³/mol. The lowest BCUT2D eigenvalue weighted by molar-refractivity contribution is -0.141. The van der Waals surface area contributed by atoms with Crippen molar-refractivity contribution in [3.05, 3.63) is 24.4 Å². The Kier molecular flexibility index (Phi) is 5.88. The number of rotatable bonds is 7. The van der Waals surface area contributed by atoms with Crippen LogP contribution < -0.4 is 10.7 Å². The van der Waals surface area contributed by atoms with E-state index in [2.05, 4.69) is 10.7 Å². The predicted octanol–water partition coefficient (Wildman–Crippen LogP) is -1.28. The summed E-state index contributed by atoms with van der Waals surface area (Å²) < 4.78 is 30.2. The molecule has 0 bridgehead atoms. The van der Waals surface area contributed by atoms with Gasteiger partial charge in [0.1, 0.15) is 17.8 Å². The van der Waals surface area contributed by atoms with Crippen LogP contribution in [0.15, 0.2) is 24.4 Å². The molecule has 1 rings (SSSR count). The molecule has 0 aromatic heterocycles. The number of hydrogen-bond donors (Lipinski definition) is 4. The van der Waals surface area contributed by atoms with Gasteiger partial charge in [-0.05, 0) is 6.08 Å². The molecule has 0 fully saturated rings. The van der Waals surface area contributed by atoms with E-state index in [0.717, 1.165) is 0 Å². The molecule has 0 saturated heterocycles. The quantitative estimate of drug-likeness (QED) is 0.426. The summed E-state index contributed by atoms with van der Waals surface area (Å²) in [7, 11) is -4.53. The van der Waals surface area contributed by atoms with Crippen LogP contribution in [0.4, 0.5) is 0 Å². The Bertz CT molecular complexity index is 556. The number of carbonyl (C=O) groups is 2. The van der Waals surface area contributed by atoms with E-state index in [1.807, 2.05) is 6.92 Å². The maximum absolute atomic E-state index is 12.1. The average molecular weight is 319 g/mol. The van der Waals surface area contributed by atoms with E-state index in [9.17, 15) is 18.0 Å². The molecule has 0 saturated carbocycles. The van der Waals surface area contributed by atoms with Gasteiger partial charge in [0.15, 0.2) is 0 Å². The monoisotopic (exact) mass is 319 g/mol. The van der Waals surface area contributed by atoms with Crippen LogP contribution in [-0.4, -0.2) is 59.3 Å². The summed E-state index contributed by atoms with van der Waals surface area (Å²) in [4.78, 5) is 23.0.